The summed E-state index contributed by atoms with van der Waals surface area (Å²) >= 11 is 0. The van der Waals surface area contributed by atoms with Crippen LogP contribution in [0.1, 0.15) is 22.5 Å². The lowest BCUT2D eigenvalue weighted by molar-refractivity contribution is -0.121. The molecule has 0 aliphatic heterocycles. The Morgan fingerprint density at radius 2 is 1.90 bits per heavy atom. The lowest BCUT2D eigenvalue weighted by Gasteiger charge is -2.07. The van der Waals surface area contributed by atoms with E-state index in [1.165, 1.54) is 0 Å². The summed E-state index contributed by atoms with van der Waals surface area (Å²) in [6.07, 6.45) is 2.52. The van der Waals surface area contributed by atoms with Crippen LogP contribution in [-0.2, 0) is 11.2 Å². The summed E-state index contributed by atoms with van der Waals surface area (Å²) < 4.78 is 5.07. The number of aromatic nitrogens is 1. The molecule has 0 unspecified atom stereocenters. The molecule has 3 N–H and O–H groups in total. The van der Waals surface area contributed by atoms with Crippen molar-refractivity contribution in [3.8, 4) is 5.75 Å². The number of methoxy groups -OCH3 is 1. The first-order valence-electron chi connectivity index (χ1n) is 6.54. The van der Waals surface area contributed by atoms with Crippen LogP contribution in [0.25, 0.3) is 0 Å². The molecule has 0 bridgehead atoms. The van der Waals surface area contributed by atoms with Gasteiger partial charge < -0.3 is 9.72 Å². The molecule has 0 aliphatic rings. The van der Waals surface area contributed by atoms with Gasteiger partial charge in [-0.2, -0.15) is 0 Å². The summed E-state index contributed by atoms with van der Waals surface area (Å²) in [6, 6.07) is 10.8. The predicted molar refractivity (Wildman–Crippen MR) is 77.7 cm³/mol. The maximum atomic E-state index is 11.7. The zero-order chi connectivity index (χ0) is 15.1. The third kappa shape index (κ3) is 4.38. The molecule has 21 heavy (non-hydrogen) atoms. The van der Waals surface area contributed by atoms with E-state index in [9.17, 15) is 9.59 Å². The second kappa shape index (κ2) is 7.14. The SMILES string of the molecule is COc1ccc(CCC(=O)NNC(=O)c2ccc[nH]2)cc1. The number of rotatable bonds is 5. The van der Waals surface area contributed by atoms with Crippen molar-refractivity contribution in [2.24, 2.45) is 0 Å². The molecule has 110 valence electrons. The van der Waals surface area contributed by atoms with E-state index in [0.29, 0.717) is 12.1 Å². The number of carbonyl (C=O) groups is 2. The fourth-order valence-electron chi connectivity index (χ4n) is 1.78. The van der Waals surface area contributed by atoms with E-state index in [4.69, 9.17) is 4.74 Å². The van der Waals surface area contributed by atoms with Gasteiger partial charge in [0.25, 0.3) is 5.91 Å². The van der Waals surface area contributed by atoms with Gasteiger partial charge in [-0.3, -0.25) is 20.4 Å². The van der Waals surface area contributed by atoms with E-state index in [1.807, 2.05) is 24.3 Å². The first-order chi connectivity index (χ1) is 10.2. The van der Waals surface area contributed by atoms with Crippen molar-refractivity contribution >= 4 is 11.8 Å². The number of hydrazine groups is 1. The van der Waals surface area contributed by atoms with Crippen LogP contribution in [0.5, 0.6) is 5.75 Å². The van der Waals surface area contributed by atoms with Crippen LogP contribution in [0.2, 0.25) is 0 Å². The number of hydrogen-bond donors (Lipinski definition) is 3. The van der Waals surface area contributed by atoms with Crippen LogP contribution >= 0.6 is 0 Å². The molecule has 2 aromatic rings. The van der Waals surface area contributed by atoms with Crippen molar-refractivity contribution in [3.05, 3.63) is 53.9 Å². The van der Waals surface area contributed by atoms with Crippen LogP contribution in [0, 0.1) is 0 Å². The minimum absolute atomic E-state index is 0.245. The quantitative estimate of drug-likeness (QED) is 0.727. The molecule has 1 heterocycles. The van der Waals surface area contributed by atoms with Crippen LogP contribution in [0.3, 0.4) is 0 Å². The number of aryl methyl sites for hydroxylation is 1. The van der Waals surface area contributed by atoms with Gasteiger partial charge in [0.2, 0.25) is 5.91 Å². The molecule has 0 saturated carbocycles. The van der Waals surface area contributed by atoms with E-state index in [2.05, 4.69) is 15.8 Å². The van der Waals surface area contributed by atoms with Gasteiger partial charge in [-0.1, -0.05) is 12.1 Å². The molecule has 0 saturated heterocycles. The summed E-state index contributed by atoms with van der Waals surface area (Å²) in [5.41, 5.74) is 6.15. The Kier molecular flexibility index (Phi) is 4.98. The summed E-state index contributed by atoms with van der Waals surface area (Å²) in [5, 5.41) is 0. The van der Waals surface area contributed by atoms with E-state index >= 15 is 0 Å². The van der Waals surface area contributed by atoms with Crippen molar-refractivity contribution < 1.29 is 14.3 Å². The maximum Gasteiger partial charge on any atom is 0.286 e. The van der Waals surface area contributed by atoms with Crippen LogP contribution in [-0.4, -0.2) is 23.9 Å². The van der Waals surface area contributed by atoms with Gasteiger partial charge in [0.1, 0.15) is 11.4 Å². The van der Waals surface area contributed by atoms with Crippen molar-refractivity contribution in [2.75, 3.05) is 7.11 Å². The Labute approximate surface area is 122 Å². The molecular weight excluding hydrogens is 270 g/mol. The lowest BCUT2D eigenvalue weighted by Crippen LogP contribution is -2.41. The van der Waals surface area contributed by atoms with E-state index in [1.54, 1.807) is 25.4 Å². The molecule has 2 rings (SSSR count). The molecule has 1 aromatic heterocycles. The fourth-order valence-corrected chi connectivity index (χ4v) is 1.78. The average molecular weight is 287 g/mol. The molecule has 6 heteroatoms. The van der Waals surface area contributed by atoms with Crippen molar-refractivity contribution in [1.82, 2.24) is 15.8 Å². The number of benzene rings is 1. The number of nitrogens with one attached hydrogen (secondary N) is 3. The number of amides is 2. The van der Waals surface area contributed by atoms with Gasteiger partial charge in [0.15, 0.2) is 0 Å². The standard InChI is InChI=1S/C15H17N3O3/c1-21-12-7-4-11(5-8-12)6-9-14(19)17-18-15(20)13-3-2-10-16-13/h2-5,7-8,10,16H,6,9H2,1H3,(H,17,19)(H,18,20). The molecule has 0 aliphatic carbocycles. The first kappa shape index (κ1) is 14.6. The predicted octanol–water partition coefficient (Wildman–Crippen LogP) is 1.42. The van der Waals surface area contributed by atoms with Gasteiger partial charge in [0.05, 0.1) is 7.11 Å². The largest absolute Gasteiger partial charge is 0.497 e. The Morgan fingerprint density at radius 3 is 2.52 bits per heavy atom. The highest BCUT2D eigenvalue weighted by atomic mass is 16.5. The van der Waals surface area contributed by atoms with Gasteiger partial charge in [0, 0.05) is 12.6 Å². The number of carbonyl (C=O) groups excluding carboxylic acids is 2. The van der Waals surface area contributed by atoms with Crippen LogP contribution in [0.15, 0.2) is 42.6 Å². The molecular formula is C15H17N3O3. The molecule has 1 aromatic carbocycles. The van der Waals surface area contributed by atoms with Crippen molar-refractivity contribution in [2.45, 2.75) is 12.8 Å². The van der Waals surface area contributed by atoms with Crippen molar-refractivity contribution in [1.29, 1.82) is 0 Å². The molecule has 0 radical (unpaired) electrons. The van der Waals surface area contributed by atoms with Crippen LogP contribution < -0.4 is 15.6 Å². The number of hydrogen-bond acceptors (Lipinski definition) is 3. The summed E-state index contributed by atoms with van der Waals surface area (Å²) in [5.74, 6) is 0.157. The second-order valence-electron chi connectivity index (χ2n) is 4.43. The highest BCUT2D eigenvalue weighted by Crippen LogP contribution is 2.12. The average Bonchev–Trinajstić information content (AvgIpc) is 3.05. The zero-order valence-corrected chi connectivity index (χ0v) is 11.7. The molecule has 0 spiro atoms. The van der Waals surface area contributed by atoms with Gasteiger partial charge in [-0.25, -0.2) is 0 Å². The van der Waals surface area contributed by atoms with Gasteiger partial charge >= 0.3 is 0 Å². The lowest BCUT2D eigenvalue weighted by atomic mass is 10.1. The van der Waals surface area contributed by atoms with Crippen LogP contribution in [0.4, 0.5) is 0 Å². The van der Waals surface area contributed by atoms with Crippen molar-refractivity contribution in [3.63, 3.8) is 0 Å². The Hall–Kier alpha value is -2.76. The molecule has 0 atom stereocenters. The monoisotopic (exact) mass is 287 g/mol. The molecule has 6 nitrogen and oxygen atoms in total. The Bertz CT molecular complexity index is 591. The third-order valence-corrected chi connectivity index (χ3v) is 2.96. The Balaban J connectivity index is 1.73. The minimum atomic E-state index is -0.377. The van der Waals surface area contributed by atoms with E-state index in [0.717, 1.165) is 11.3 Å². The third-order valence-electron chi connectivity index (χ3n) is 2.96. The molecule has 2 amide bonds. The van der Waals surface area contributed by atoms with Gasteiger partial charge in [-0.15, -0.1) is 0 Å². The number of ether oxygens (including phenoxy) is 1. The normalized spacial score (nSPS) is 9.95. The van der Waals surface area contributed by atoms with Gasteiger partial charge in [-0.05, 0) is 36.2 Å². The summed E-state index contributed by atoms with van der Waals surface area (Å²) in [7, 11) is 1.61. The smallest absolute Gasteiger partial charge is 0.286 e. The maximum absolute atomic E-state index is 11.7. The second-order valence-corrected chi connectivity index (χ2v) is 4.43. The highest BCUT2D eigenvalue weighted by Gasteiger charge is 2.07. The minimum Gasteiger partial charge on any atom is -0.497 e. The Morgan fingerprint density at radius 1 is 1.14 bits per heavy atom. The summed E-state index contributed by atoms with van der Waals surface area (Å²) in [6.45, 7) is 0. The highest BCUT2D eigenvalue weighted by molar-refractivity contribution is 5.93. The summed E-state index contributed by atoms with van der Waals surface area (Å²) in [4.78, 5) is 26.0. The van der Waals surface area contributed by atoms with E-state index in [-0.39, 0.29) is 18.2 Å². The molecule has 0 fully saturated rings. The first-order valence-corrected chi connectivity index (χ1v) is 6.54. The van der Waals surface area contributed by atoms with E-state index < -0.39 is 0 Å². The number of aromatic amines is 1. The fraction of sp³-hybridized carbons (Fsp3) is 0.200. The zero-order valence-electron chi connectivity index (χ0n) is 11.7. The topological polar surface area (TPSA) is 83.2 Å². The number of H-pyrrole nitrogens is 1.